The molecule has 0 spiro atoms. The zero-order chi connectivity index (χ0) is 31.8. The Kier molecular flexibility index (Phi) is 20.8. The van der Waals surface area contributed by atoms with E-state index in [1.165, 1.54) is 148 Å². The van der Waals surface area contributed by atoms with Gasteiger partial charge in [0, 0.05) is 18.1 Å². The number of unbranched alkanes of at least 4 members (excludes halogenated alkanes) is 15. The molecular formula is C39H73N3O3. The number of alkyl carbamates (subject to hydrolysis) is 1. The Balaban J connectivity index is 1.07. The fraction of sp³-hybridized carbons (Fsp3) is 0.949. The lowest BCUT2D eigenvalue weighted by molar-refractivity contribution is 0.133. The van der Waals surface area contributed by atoms with E-state index in [0.29, 0.717) is 18.7 Å². The van der Waals surface area contributed by atoms with Crippen LogP contribution in [-0.2, 0) is 4.74 Å². The van der Waals surface area contributed by atoms with Crippen LogP contribution in [0.4, 0.5) is 9.59 Å². The molecule has 3 aliphatic rings. The largest absolute Gasteiger partial charge is 0.450 e. The summed E-state index contributed by atoms with van der Waals surface area (Å²) in [7, 11) is 0. The second-order valence-electron chi connectivity index (χ2n) is 15.2. The summed E-state index contributed by atoms with van der Waals surface area (Å²) in [5.74, 6) is 1.58. The molecule has 0 heterocycles. The number of hydrogen-bond donors (Lipinski definition) is 3. The van der Waals surface area contributed by atoms with Crippen LogP contribution in [0, 0.1) is 11.8 Å². The number of ether oxygens (including phenoxy) is 1. The molecule has 6 nitrogen and oxygen atoms in total. The minimum Gasteiger partial charge on any atom is -0.450 e. The summed E-state index contributed by atoms with van der Waals surface area (Å²) in [5, 5.41) is 9.61. The molecule has 3 amide bonds. The zero-order valence-corrected chi connectivity index (χ0v) is 29.5. The van der Waals surface area contributed by atoms with Crippen LogP contribution in [0.2, 0.25) is 0 Å². The summed E-state index contributed by atoms with van der Waals surface area (Å²) in [4.78, 5) is 24.7. The maximum atomic E-state index is 12.4. The van der Waals surface area contributed by atoms with Crippen LogP contribution in [0.3, 0.4) is 0 Å². The van der Waals surface area contributed by atoms with Gasteiger partial charge in [0.25, 0.3) is 0 Å². The second kappa shape index (κ2) is 24.7. The standard InChI is InChI=1S/C39H73N3O3/c1-2-3-4-5-6-7-8-9-10-11-12-13-14-15-16-20-31-45-39(44)42-37-29-25-34(26-30-37)32-33-23-27-36(28-24-33)41-38(43)40-35-21-18-17-19-22-35/h33-37H,2-32H2,1H3,(H,42,44)(H2,40,41,43). The summed E-state index contributed by atoms with van der Waals surface area (Å²) in [6.45, 7) is 2.84. The van der Waals surface area contributed by atoms with Crippen LogP contribution in [0.5, 0.6) is 0 Å². The third-order valence-corrected chi connectivity index (χ3v) is 11.2. The van der Waals surface area contributed by atoms with E-state index in [4.69, 9.17) is 4.74 Å². The number of amides is 3. The lowest BCUT2D eigenvalue weighted by Gasteiger charge is -2.34. The predicted octanol–water partition coefficient (Wildman–Crippen LogP) is 11.1. The highest BCUT2D eigenvalue weighted by Crippen LogP contribution is 2.35. The van der Waals surface area contributed by atoms with Gasteiger partial charge in [-0.3, -0.25) is 0 Å². The number of carbonyl (C=O) groups is 2. The van der Waals surface area contributed by atoms with E-state index in [1.807, 2.05) is 0 Å². The van der Waals surface area contributed by atoms with Crippen LogP contribution in [-0.4, -0.2) is 36.9 Å². The topological polar surface area (TPSA) is 79.5 Å². The van der Waals surface area contributed by atoms with Crippen molar-refractivity contribution in [2.24, 2.45) is 11.8 Å². The first kappa shape index (κ1) is 38.0. The van der Waals surface area contributed by atoms with Crippen LogP contribution in [0.25, 0.3) is 0 Å². The van der Waals surface area contributed by atoms with Crippen molar-refractivity contribution in [3.05, 3.63) is 0 Å². The molecule has 0 aromatic carbocycles. The third kappa shape index (κ3) is 18.5. The number of rotatable bonds is 22. The molecule has 0 bridgehead atoms. The molecule has 3 saturated carbocycles. The first-order valence-electron chi connectivity index (χ1n) is 20.1. The van der Waals surface area contributed by atoms with Crippen molar-refractivity contribution < 1.29 is 14.3 Å². The molecule has 0 aromatic rings. The Morgan fingerprint density at radius 2 is 0.889 bits per heavy atom. The molecule has 0 unspecified atom stereocenters. The Morgan fingerprint density at radius 3 is 1.36 bits per heavy atom. The smallest absolute Gasteiger partial charge is 0.407 e. The van der Waals surface area contributed by atoms with Crippen molar-refractivity contribution in [2.45, 2.75) is 218 Å². The highest BCUT2D eigenvalue weighted by atomic mass is 16.5. The quantitative estimate of drug-likeness (QED) is 0.104. The van der Waals surface area contributed by atoms with Crippen LogP contribution in [0.1, 0.15) is 200 Å². The molecular weight excluding hydrogens is 558 g/mol. The van der Waals surface area contributed by atoms with Gasteiger partial charge in [-0.15, -0.1) is 0 Å². The summed E-state index contributed by atoms with van der Waals surface area (Å²) >= 11 is 0. The van der Waals surface area contributed by atoms with Crippen molar-refractivity contribution in [2.75, 3.05) is 6.61 Å². The molecule has 45 heavy (non-hydrogen) atoms. The van der Waals surface area contributed by atoms with Gasteiger partial charge in [0.2, 0.25) is 0 Å². The molecule has 0 saturated heterocycles. The highest BCUT2D eigenvalue weighted by Gasteiger charge is 2.28. The van der Waals surface area contributed by atoms with E-state index in [9.17, 15) is 9.59 Å². The molecule has 0 radical (unpaired) electrons. The molecule has 0 aromatic heterocycles. The predicted molar refractivity (Wildman–Crippen MR) is 189 cm³/mol. The Bertz CT molecular complexity index is 740. The van der Waals surface area contributed by atoms with Crippen LogP contribution in [0.15, 0.2) is 0 Å². The molecule has 3 N–H and O–H groups in total. The van der Waals surface area contributed by atoms with Gasteiger partial charge in [-0.25, -0.2) is 9.59 Å². The summed E-state index contributed by atoms with van der Waals surface area (Å²) in [5.41, 5.74) is 0. The molecule has 3 rings (SSSR count). The molecule has 0 atom stereocenters. The SMILES string of the molecule is CCCCCCCCCCCCCCCCCCOC(=O)NC1CCC(CC2CCC(NC(=O)NC3CCCCC3)CC2)CC1. The van der Waals surface area contributed by atoms with Gasteiger partial charge >= 0.3 is 12.1 Å². The first-order chi connectivity index (χ1) is 22.1. The molecule has 262 valence electrons. The van der Waals surface area contributed by atoms with Gasteiger partial charge in [0.05, 0.1) is 6.61 Å². The molecule has 0 aliphatic heterocycles. The van der Waals surface area contributed by atoms with Gasteiger partial charge in [-0.1, -0.05) is 122 Å². The van der Waals surface area contributed by atoms with Crippen LogP contribution < -0.4 is 16.0 Å². The lowest BCUT2D eigenvalue weighted by Crippen LogP contribution is -2.47. The highest BCUT2D eigenvalue weighted by molar-refractivity contribution is 5.74. The van der Waals surface area contributed by atoms with Crippen molar-refractivity contribution >= 4 is 12.1 Å². The third-order valence-electron chi connectivity index (χ3n) is 11.2. The number of nitrogens with one attached hydrogen (secondary N) is 3. The van der Waals surface area contributed by atoms with E-state index in [2.05, 4.69) is 22.9 Å². The van der Waals surface area contributed by atoms with E-state index in [1.54, 1.807) is 0 Å². The Labute approximate surface area is 278 Å². The van der Waals surface area contributed by atoms with Crippen molar-refractivity contribution in [1.29, 1.82) is 0 Å². The van der Waals surface area contributed by atoms with E-state index in [0.717, 1.165) is 56.8 Å². The minimum absolute atomic E-state index is 0.0553. The maximum absolute atomic E-state index is 12.4. The summed E-state index contributed by atoms with van der Waals surface area (Å²) in [6, 6.07) is 1.06. The van der Waals surface area contributed by atoms with Gasteiger partial charge < -0.3 is 20.7 Å². The summed E-state index contributed by atoms with van der Waals surface area (Å²) < 4.78 is 5.51. The normalized spacial score (nSPS) is 24.2. The monoisotopic (exact) mass is 632 g/mol. The van der Waals surface area contributed by atoms with E-state index >= 15 is 0 Å². The Morgan fingerprint density at radius 1 is 0.489 bits per heavy atom. The average Bonchev–Trinajstić information content (AvgIpc) is 3.05. The second-order valence-corrected chi connectivity index (χ2v) is 15.2. The average molecular weight is 632 g/mol. The van der Waals surface area contributed by atoms with Crippen molar-refractivity contribution in [3.8, 4) is 0 Å². The van der Waals surface area contributed by atoms with Gasteiger partial charge in [-0.05, 0) is 88.9 Å². The van der Waals surface area contributed by atoms with Crippen LogP contribution >= 0.6 is 0 Å². The van der Waals surface area contributed by atoms with Gasteiger partial charge in [0.1, 0.15) is 0 Å². The first-order valence-corrected chi connectivity index (χ1v) is 20.1. The molecule has 3 fully saturated rings. The lowest BCUT2D eigenvalue weighted by atomic mass is 9.76. The summed E-state index contributed by atoms with van der Waals surface area (Å²) in [6.07, 6.45) is 38.2. The van der Waals surface area contributed by atoms with E-state index in [-0.39, 0.29) is 18.2 Å². The van der Waals surface area contributed by atoms with Crippen molar-refractivity contribution in [1.82, 2.24) is 16.0 Å². The minimum atomic E-state index is -0.210. The Hall–Kier alpha value is -1.46. The fourth-order valence-electron chi connectivity index (χ4n) is 8.24. The van der Waals surface area contributed by atoms with Gasteiger partial charge in [-0.2, -0.15) is 0 Å². The molecule has 6 heteroatoms. The number of urea groups is 1. The molecule has 3 aliphatic carbocycles. The maximum Gasteiger partial charge on any atom is 0.407 e. The number of hydrogen-bond acceptors (Lipinski definition) is 3. The van der Waals surface area contributed by atoms with Crippen molar-refractivity contribution in [3.63, 3.8) is 0 Å². The number of carbonyl (C=O) groups excluding carboxylic acids is 2. The zero-order valence-electron chi connectivity index (χ0n) is 29.5. The van der Waals surface area contributed by atoms with Gasteiger partial charge in [0.15, 0.2) is 0 Å². The fourth-order valence-corrected chi connectivity index (χ4v) is 8.24. The van der Waals surface area contributed by atoms with E-state index < -0.39 is 0 Å².